The Balaban J connectivity index is 1.27. The van der Waals surface area contributed by atoms with Gasteiger partial charge in [-0.05, 0) is 54.7 Å². The third kappa shape index (κ3) is 6.73. The normalized spacial score (nSPS) is 18.6. The van der Waals surface area contributed by atoms with Crippen molar-refractivity contribution in [3.8, 4) is 6.07 Å². The van der Waals surface area contributed by atoms with Crippen LogP contribution >= 0.6 is 11.6 Å². The maximum Gasteiger partial charge on any atom is 0.123 e. The quantitative estimate of drug-likeness (QED) is 0.156. The van der Waals surface area contributed by atoms with E-state index in [1.165, 1.54) is 12.1 Å². The van der Waals surface area contributed by atoms with Crippen molar-refractivity contribution in [2.24, 2.45) is 0 Å². The highest BCUT2D eigenvalue weighted by molar-refractivity contribution is 6.36. The molecule has 1 aromatic heterocycles. The van der Waals surface area contributed by atoms with Gasteiger partial charge in [-0.3, -0.25) is 14.9 Å². The highest BCUT2D eigenvalue weighted by Gasteiger charge is 2.38. The summed E-state index contributed by atoms with van der Waals surface area (Å²) in [6.07, 6.45) is 6.48. The van der Waals surface area contributed by atoms with Gasteiger partial charge >= 0.3 is 0 Å². The number of nitrogens with one attached hydrogen (secondary N) is 4. The number of ether oxygens (including phenoxy) is 1. The maximum atomic E-state index is 14.0. The van der Waals surface area contributed by atoms with E-state index in [9.17, 15) is 9.65 Å². The second-order valence-corrected chi connectivity index (χ2v) is 12.6. The van der Waals surface area contributed by atoms with E-state index in [2.05, 4.69) is 49.7 Å². The molecule has 2 aliphatic heterocycles. The summed E-state index contributed by atoms with van der Waals surface area (Å²) in [6, 6.07) is 22.6. The van der Waals surface area contributed by atoms with Crippen LogP contribution in [0.5, 0.6) is 0 Å². The molecule has 4 aromatic rings. The zero-order valence-electron chi connectivity index (χ0n) is 25.8. The fourth-order valence-electron chi connectivity index (χ4n) is 6.20. The zero-order valence-corrected chi connectivity index (χ0v) is 26.6. The largest absolute Gasteiger partial charge is 0.379 e. The number of rotatable bonds is 11. The van der Waals surface area contributed by atoms with Crippen LogP contribution in [0.1, 0.15) is 42.0 Å². The van der Waals surface area contributed by atoms with Crippen molar-refractivity contribution in [2.45, 2.75) is 36.8 Å². The molecule has 0 bridgehead atoms. The third-order valence-electron chi connectivity index (χ3n) is 9.00. The van der Waals surface area contributed by atoms with E-state index in [1.807, 2.05) is 35.5 Å². The Bertz CT molecular complexity index is 1810. The number of benzene rings is 3. The lowest BCUT2D eigenvalue weighted by atomic mass is 9.69. The number of fused-ring (bicyclic) bond motifs is 1. The predicted octanol–water partition coefficient (Wildman–Crippen LogP) is 5.54. The molecule has 9 nitrogen and oxygen atoms in total. The highest BCUT2D eigenvalue weighted by Crippen LogP contribution is 2.39. The Morgan fingerprint density at radius 3 is 2.62 bits per heavy atom. The number of aromatic nitrogens is 1. The van der Waals surface area contributed by atoms with Crippen molar-refractivity contribution in [3.63, 3.8) is 0 Å². The second-order valence-electron chi connectivity index (χ2n) is 12.2. The molecule has 0 spiro atoms. The van der Waals surface area contributed by atoms with Crippen LogP contribution in [0.3, 0.4) is 0 Å². The number of nitriles is 1. The first-order chi connectivity index (χ1) is 22.9. The molecule has 2 fully saturated rings. The summed E-state index contributed by atoms with van der Waals surface area (Å²) in [5, 5.41) is 20.5. The van der Waals surface area contributed by atoms with Crippen molar-refractivity contribution >= 4 is 41.7 Å². The van der Waals surface area contributed by atoms with Crippen molar-refractivity contribution in [2.75, 3.05) is 43.5 Å². The monoisotopic (exact) mass is 648 g/mol. The van der Waals surface area contributed by atoms with Crippen molar-refractivity contribution in [1.82, 2.24) is 25.9 Å². The Morgan fingerprint density at radius 2 is 1.89 bits per heavy atom. The van der Waals surface area contributed by atoms with E-state index >= 15 is 0 Å². The molecule has 2 atom stereocenters. The molecule has 47 heavy (non-hydrogen) atoms. The molecule has 1 saturated heterocycles. The lowest BCUT2D eigenvalue weighted by Gasteiger charge is -2.34. The number of anilines is 2. The van der Waals surface area contributed by atoms with Gasteiger partial charge < -0.3 is 20.8 Å². The van der Waals surface area contributed by atoms with E-state index in [4.69, 9.17) is 24.2 Å². The van der Waals surface area contributed by atoms with Crippen molar-refractivity contribution in [1.29, 1.82) is 5.26 Å². The van der Waals surface area contributed by atoms with Gasteiger partial charge in [0.2, 0.25) is 0 Å². The summed E-state index contributed by atoms with van der Waals surface area (Å²) in [6.45, 7) is 4.11. The third-order valence-corrected chi connectivity index (χ3v) is 9.29. The lowest BCUT2D eigenvalue weighted by molar-refractivity contribution is 0.0368. The lowest BCUT2D eigenvalue weighted by Crippen LogP contribution is -2.45. The second kappa shape index (κ2) is 13.4. The summed E-state index contributed by atoms with van der Waals surface area (Å²) < 4.78 is 19.6. The predicted molar refractivity (Wildman–Crippen MR) is 183 cm³/mol. The van der Waals surface area contributed by atoms with E-state index in [0.29, 0.717) is 50.2 Å². The molecule has 0 amide bonds. The topological polar surface area (TPSA) is 101 Å². The van der Waals surface area contributed by atoms with Crippen LogP contribution in [0.15, 0.2) is 84.8 Å². The minimum atomic E-state index is -1.29. The number of morpholine rings is 1. The smallest absolute Gasteiger partial charge is 0.123 e. The molecule has 3 aromatic carbocycles. The van der Waals surface area contributed by atoms with Crippen LogP contribution in [0.25, 0.3) is 10.9 Å². The molecular weight excluding hydrogens is 614 g/mol. The van der Waals surface area contributed by atoms with Crippen molar-refractivity contribution in [3.05, 3.63) is 112 Å². The van der Waals surface area contributed by atoms with Gasteiger partial charge in [-0.25, -0.2) is 4.39 Å². The Morgan fingerprint density at radius 1 is 1.13 bits per heavy atom. The zero-order chi connectivity index (χ0) is 32.4. The molecule has 1 saturated carbocycles. The summed E-state index contributed by atoms with van der Waals surface area (Å²) in [4.78, 5) is 6.97. The summed E-state index contributed by atoms with van der Waals surface area (Å²) in [7, 11) is 7.17. The minimum Gasteiger partial charge on any atom is -0.379 e. The van der Waals surface area contributed by atoms with Crippen LogP contribution in [0, 0.1) is 17.1 Å². The number of nitrogens with zero attached hydrogens (tertiary/aromatic N) is 4. The first kappa shape index (κ1) is 31.3. The van der Waals surface area contributed by atoms with E-state index in [0.717, 1.165) is 57.7 Å². The number of hydrogen-bond acceptors (Lipinski definition) is 9. The molecule has 3 heterocycles. The van der Waals surface area contributed by atoms with Crippen LogP contribution in [-0.4, -0.2) is 61.6 Å². The van der Waals surface area contributed by atoms with Gasteiger partial charge in [0.15, 0.2) is 0 Å². The SMILES string of the molecule is [B]C(Nc1cc(Cl)c2ncc(C#N)c(N[C@H](CCN3CCOCC3)c3ccccc3)c2c1)(C1=CN(C2CC2)NN1)c1ccc(F)cc1. The Labute approximate surface area is 280 Å². The van der Waals surface area contributed by atoms with Gasteiger partial charge in [-0.2, -0.15) is 5.26 Å². The molecule has 1 aliphatic carbocycles. The number of halogens is 2. The van der Waals surface area contributed by atoms with Crippen LogP contribution in [0.4, 0.5) is 15.8 Å². The number of pyridine rings is 1. The van der Waals surface area contributed by atoms with Gasteiger partial charge in [0.1, 0.15) is 19.7 Å². The molecule has 238 valence electrons. The van der Waals surface area contributed by atoms with E-state index in [1.54, 1.807) is 24.4 Å². The van der Waals surface area contributed by atoms with Crippen LogP contribution < -0.4 is 21.6 Å². The molecule has 3 aliphatic rings. The summed E-state index contributed by atoms with van der Waals surface area (Å²) in [5.41, 5.74) is 9.72. The average Bonchev–Trinajstić information content (AvgIpc) is 3.83. The molecule has 2 radical (unpaired) electrons. The van der Waals surface area contributed by atoms with Gasteiger partial charge in [0, 0.05) is 49.1 Å². The minimum absolute atomic E-state index is 0.0905. The standard InChI is InChI=1S/C35H35BClFN8O/c36-35(25-6-8-26(38)9-7-25,32-22-46(44-43-32)28-10-11-28)42-27-18-29-33(24(20-39)21-40-34(29)30(37)19-27)41-31(23-4-2-1-3-5-23)12-13-45-14-16-47-17-15-45/h1-9,18-19,21-22,28,31,42-44H,10-17H2,(H,40,41)/t31-,35?/m1/s1. The molecular formula is C35H35BClFN8O. The van der Waals surface area contributed by atoms with Crippen LogP contribution in [-0.2, 0) is 10.2 Å². The van der Waals surface area contributed by atoms with E-state index < -0.39 is 5.44 Å². The Kier molecular flexibility index (Phi) is 8.93. The fraction of sp³-hybridized carbons (Fsp3) is 0.314. The van der Waals surface area contributed by atoms with Crippen LogP contribution in [0.2, 0.25) is 5.02 Å². The number of hydrazine groups is 2. The highest BCUT2D eigenvalue weighted by atomic mass is 35.5. The molecule has 12 heteroatoms. The van der Waals surface area contributed by atoms with Gasteiger partial charge in [-0.15, -0.1) is 5.53 Å². The molecule has 7 rings (SSSR count). The Hall–Kier alpha value is -4.34. The van der Waals surface area contributed by atoms with Gasteiger partial charge in [0.25, 0.3) is 0 Å². The number of hydrogen-bond donors (Lipinski definition) is 4. The van der Waals surface area contributed by atoms with Crippen molar-refractivity contribution < 1.29 is 9.13 Å². The molecule has 1 unspecified atom stereocenters. The first-order valence-corrected chi connectivity index (χ1v) is 16.3. The fourth-order valence-corrected chi connectivity index (χ4v) is 6.47. The van der Waals surface area contributed by atoms with Gasteiger partial charge in [-0.1, -0.05) is 54.1 Å². The summed E-state index contributed by atoms with van der Waals surface area (Å²) >= 11 is 6.90. The first-order valence-electron chi connectivity index (χ1n) is 15.9. The maximum absolute atomic E-state index is 14.0. The van der Waals surface area contributed by atoms with E-state index in [-0.39, 0.29) is 11.9 Å². The average molecular weight is 649 g/mol. The molecule has 4 N–H and O–H groups in total. The van der Waals surface area contributed by atoms with Gasteiger partial charge in [0.05, 0.1) is 52.2 Å². The summed E-state index contributed by atoms with van der Waals surface area (Å²) in [5.74, 6) is -0.358.